The van der Waals surface area contributed by atoms with E-state index >= 15 is 0 Å². The predicted octanol–water partition coefficient (Wildman–Crippen LogP) is 4.12. The Hall–Kier alpha value is -0.900. The molecule has 0 atom stereocenters. The fourth-order valence-electron chi connectivity index (χ4n) is 1.28. The second kappa shape index (κ2) is 4.77. The van der Waals surface area contributed by atoms with Crippen LogP contribution >= 0.6 is 34.8 Å². The first-order valence-electron chi connectivity index (χ1n) is 4.81. The lowest BCUT2D eigenvalue weighted by atomic mass is 10.2. The minimum Gasteiger partial charge on any atom is -0.250 e. The van der Waals surface area contributed by atoms with Gasteiger partial charge in [0.05, 0.1) is 10.0 Å². The van der Waals surface area contributed by atoms with Gasteiger partial charge in [-0.2, -0.15) is 0 Å². The average molecular weight is 289 g/mol. The van der Waals surface area contributed by atoms with Gasteiger partial charge < -0.3 is 0 Å². The SMILES string of the molecule is Cc1nc(-c2ncc(Cl)cc2Cl)nc(Cl)c1C. The van der Waals surface area contributed by atoms with Crippen molar-refractivity contribution < 1.29 is 0 Å². The van der Waals surface area contributed by atoms with Crippen molar-refractivity contribution in [1.29, 1.82) is 0 Å². The van der Waals surface area contributed by atoms with Crippen LogP contribution in [0.3, 0.4) is 0 Å². The number of hydrogen-bond donors (Lipinski definition) is 0. The number of hydrogen-bond acceptors (Lipinski definition) is 3. The van der Waals surface area contributed by atoms with E-state index < -0.39 is 0 Å². The molecular formula is C11H8Cl3N3. The molecule has 0 aromatic carbocycles. The number of halogens is 3. The van der Waals surface area contributed by atoms with Crippen LogP contribution in [0, 0.1) is 13.8 Å². The van der Waals surface area contributed by atoms with E-state index in [9.17, 15) is 0 Å². The molecule has 0 N–H and O–H groups in total. The van der Waals surface area contributed by atoms with Crippen LogP contribution in [-0.4, -0.2) is 15.0 Å². The van der Waals surface area contributed by atoms with Gasteiger partial charge in [0.25, 0.3) is 0 Å². The third kappa shape index (κ3) is 2.51. The standard InChI is InChI=1S/C11H8Cl3N3/c1-5-6(2)16-11(17-10(5)14)9-8(13)3-7(12)4-15-9/h3-4H,1-2H3. The molecule has 2 heterocycles. The Balaban J connectivity index is 2.61. The molecule has 0 saturated heterocycles. The van der Waals surface area contributed by atoms with E-state index in [0.29, 0.717) is 26.7 Å². The van der Waals surface area contributed by atoms with E-state index in [2.05, 4.69) is 15.0 Å². The van der Waals surface area contributed by atoms with Crippen LogP contribution in [0.5, 0.6) is 0 Å². The Morgan fingerprint density at radius 3 is 2.35 bits per heavy atom. The van der Waals surface area contributed by atoms with E-state index in [-0.39, 0.29) is 0 Å². The first-order valence-corrected chi connectivity index (χ1v) is 5.94. The lowest BCUT2D eigenvalue weighted by Crippen LogP contribution is -1.98. The molecule has 3 nitrogen and oxygen atoms in total. The Bertz CT molecular complexity index is 561. The first-order chi connectivity index (χ1) is 7.99. The molecule has 0 bridgehead atoms. The maximum Gasteiger partial charge on any atom is 0.181 e. The van der Waals surface area contributed by atoms with E-state index in [0.717, 1.165) is 11.3 Å². The largest absolute Gasteiger partial charge is 0.250 e. The highest BCUT2D eigenvalue weighted by Gasteiger charge is 2.12. The van der Waals surface area contributed by atoms with Crippen molar-refractivity contribution in [2.45, 2.75) is 13.8 Å². The van der Waals surface area contributed by atoms with Gasteiger partial charge >= 0.3 is 0 Å². The molecule has 88 valence electrons. The molecule has 0 radical (unpaired) electrons. The topological polar surface area (TPSA) is 38.7 Å². The highest BCUT2D eigenvalue weighted by molar-refractivity contribution is 6.36. The summed E-state index contributed by atoms with van der Waals surface area (Å²) in [6.07, 6.45) is 1.50. The van der Waals surface area contributed by atoms with Crippen molar-refractivity contribution >= 4 is 34.8 Å². The van der Waals surface area contributed by atoms with E-state index in [1.807, 2.05) is 13.8 Å². The van der Waals surface area contributed by atoms with Crippen molar-refractivity contribution in [3.05, 3.63) is 38.7 Å². The second-order valence-corrected chi connectivity index (χ2v) is 4.73. The van der Waals surface area contributed by atoms with Crippen LogP contribution in [0.15, 0.2) is 12.3 Å². The molecule has 17 heavy (non-hydrogen) atoms. The van der Waals surface area contributed by atoms with Crippen LogP contribution in [0.25, 0.3) is 11.5 Å². The molecular weight excluding hydrogens is 281 g/mol. The van der Waals surface area contributed by atoms with E-state index in [1.165, 1.54) is 6.20 Å². The summed E-state index contributed by atoms with van der Waals surface area (Å²) in [7, 11) is 0. The molecule has 0 amide bonds. The third-order valence-corrected chi connectivity index (χ3v) is 3.21. The number of aryl methyl sites for hydroxylation is 1. The van der Waals surface area contributed by atoms with Gasteiger partial charge in [0.15, 0.2) is 5.82 Å². The van der Waals surface area contributed by atoms with Gasteiger partial charge in [-0.25, -0.2) is 15.0 Å². The Morgan fingerprint density at radius 2 is 1.76 bits per heavy atom. The smallest absolute Gasteiger partial charge is 0.181 e. The summed E-state index contributed by atoms with van der Waals surface area (Å²) in [6, 6.07) is 1.60. The first kappa shape index (κ1) is 12.6. The number of rotatable bonds is 1. The summed E-state index contributed by atoms with van der Waals surface area (Å²) in [6.45, 7) is 3.72. The van der Waals surface area contributed by atoms with Crippen molar-refractivity contribution in [2.75, 3.05) is 0 Å². The summed E-state index contributed by atoms with van der Waals surface area (Å²) in [5, 5.41) is 1.27. The van der Waals surface area contributed by atoms with Gasteiger partial charge in [0.2, 0.25) is 0 Å². The summed E-state index contributed by atoms with van der Waals surface area (Å²) in [5.74, 6) is 0.403. The molecule has 0 saturated carbocycles. The highest BCUT2D eigenvalue weighted by atomic mass is 35.5. The summed E-state index contributed by atoms with van der Waals surface area (Å²) >= 11 is 17.8. The number of nitrogens with zero attached hydrogens (tertiary/aromatic N) is 3. The quantitative estimate of drug-likeness (QED) is 0.741. The maximum absolute atomic E-state index is 6.04. The van der Waals surface area contributed by atoms with Gasteiger partial charge in [0, 0.05) is 17.5 Å². The average Bonchev–Trinajstić information content (AvgIpc) is 2.25. The Morgan fingerprint density at radius 1 is 1.06 bits per heavy atom. The maximum atomic E-state index is 6.04. The van der Waals surface area contributed by atoms with Crippen LogP contribution in [0.2, 0.25) is 15.2 Å². The van der Waals surface area contributed by atoms with Crippen molar-refractivity contribution in [3.8, 4) is 11.5 Å². The molecule has 2 aromatic heterocycles. The second-order valence-electron chi connectivity index (χ2n) is 3.53. The predicted molar refractivity (Wildman–Crippen MR) is 69.8 cm³/mol. The molecule has 6 heteroatoms. The molecule has 0 aliphatic carbocycles. The van der Waals surface area contributed by atoms with Crippen molar-refractivity contribution in [3.63, 3.8) is 0 Å². The van der Waals surface area contributed by atoms with E-state index in [1.54, 1.807) is 6.07 Å². The van der Waals surface area contributed by atoms with Crippen LogP contribution in [0.4, 0.5) is 0 Å². The zero-order chi connectivity index (χ0) is 12.6. The Kier molecular flexibility index (Phi) is 3.52. The fraction of sp³-hybridized carbons (Fsp3) is 0.182. The zero-order valence-corrected chi connectivity index (χ0v) is 11.4. The van der Waals surface area contributed by atoms with Crippen molar-refractivity contribution in [2.24, 2.45) is 0 Å². The summed E-state index contributed by atoms with van der Waals surface area (Å²) < 4.78 is 0. The van der Waals surface area contributed by atoms with Gasteiger partial charge in [0.1, 0.15) is 10.8 Å². The molecule has 2 rings (SSSR count). The van der Waals surface area contributed by atoms with Gasteiger partial charge in [-0.05, 0) is 19.9 Å². The summed E-state index contributed by atoms with van der Waals surface area (Å²) in [4.78, 5) is 12.6. The molecule has 0 aliphatic heterocycles. The molecule has 2 aromatic rings. The molecule has 0 spiro atoms. The highest BCUT2D eigenvalue weighted by Crippen LogP contribution is 2.27. The minimum atomic E-state index is 0.400. The minimum absolute atomic E-state index is 0.400. The third-order valence-electron chi connectivity index (χ3n) is 2.35. The molecule has 0 unspecified atom stereocenters. The van der Waals surface area contributed by atoms with Crippen LogP contribution in [0.1, 0.15) is 11.3 Å². The van der Waals surface area contributed by atoms with Gasteiger partial charge in [-0.3, -0.25) is 0 Å². The van der Waals surface area contributed by atoms with E-state index in [4.69, 9.17) is 34.8 Å². The van der Waals surface area contributed by atoms with Crippen molar-refractivity contribution in [1.82, 2.24) is 15.0 Å². The fourth-order valence-corrected chi connectivity index (χ4v) is 1.96. The zero-order valence-electron chi connectivity index (χ0n) is 9.13. The van der Waals surface area contributed by atoms with Crippen LogP contribution in [-0.2, 0) is 0 Å². The lowest BCUT2D eigenvalue weighted by Gasteiger charge is -2.06. The molecule has 0 aliphatic rings. The van der Waals surface area contributed by atoms with Gasteiger partial charge in [-0.15, -0.1) is 0 Å². The lowest BCUT2D eigenvalue weighted by molar-refractivity contribution is 1.06. The summed E-state index contributed by atoms with van der Waals surface area (Å²) in [5.41, 5.74) is 2.12. The number of pyridine rings is 1. The Labute approximate surface area is 114 Å². The normalized spacial score (nSPS) is 10.6. The monoisotopic (exact) mass is 287 g/mol. The molecule has 0 fully saturated rings. The van der Waals surface area contributed by atoms with Gasteiger partial charge in [-0.1, -0.05) is 34.8 Å². The number of aromatic nitrogens is 3. The van der Waals surface area contributed by atoms with Crippen LogP contribution < -0.4 is 0 Å².